The molecule has 0 amide bonds. The standard InChI is InChI=1S/C18H22FN3O3/c19-14-3-1-2-13(8-14)16-9-15(23)10-22(16)11-17-20-18(25-21-17)12-4-6-24-7-5-12/h1-3,8,12,15-16,23H,4-7,9-11H2/t15-,16+/m0/s1. The number of β-amino-alcohol motifs (C(OH)–C–C–N with tert-alkyl or cyclic N) is 1. The largest absolute Gasteiger partial charge is 0.392 e. The number of nitrogens with zero attached hydrogens (tertiary/aromatic N) is 3. The van der Waals surface area contributed by atoms with Crippen LogP contribution in [0.4, 0.5) is 4.39 Å². The first-order valence-electron chi connectivity index (χ1n) is 8.77. The molecule has 7 heteroatoms. The fraction of sp³-hybridized carbons (Fsp3) is 0.556. The first-order chi connectivity index (χ1) is 12.2. The van der Waals surface area contributed by atoms with Gasteiger partial charge in [-0.3, -0.25) is 4.90 Å². The van der Waals surface area contributed by atoms with Gasteiger partial charge in [0.15, 0.2) is 5.82 Å². The van der Waals surface area contributed by atoms with E-state index in [2.05, 4.69) is 15.0 Å². The number of aliphatic hydroxyl groups excluding tert-OH is 1. The zero-order valence-corrected chi connectivity index (χ0v) is 14.0. The molecule has 0 saturated carbocycles. The average molecular weight is 347 g/mol. The highest BCUT2D eigenvalue weighted by Crippen LogP contribution is 2.33. The summed E-state index contributed by atoms with van der Waals surface area (Å²) in [7, 11) is 0. The van der Waals surface area contributed by atoms with Gasteiger partial charge in [-0.15, -0.1) is 0 Å². The lowest BCUT2D eigenvalue weighted by atomic mass is 10.0. The fourth-order valence-electron chi connectivity index (χ4n) is 3.74. The minimum Gasteiger partial charge on any atom is -0.392 e. The Morgan fingerprint density at radius 1 is 1.28 bits per heavy atom. The van der Waals surface area contributed by atoms with Crippen LogP contribution in [-0.4, -0.2) is 46.0 Å². The molecular formula is C18H22FN3O3. The van der Waals surface area contributed by atoms with Crippen molar-refractivity contribution in [2.45, 2.75) is 43.9 Å². The molecule has 0 bridgehead atoms. The number of likely N-dealkylation sites (tertiary alicyclic amines) is 1. The van der Waals surface area contributed by atoms with E-state index in [0.29, 0.717) is 31.2 Å². The highest BCUT2D eigenvalue weighted by Gasteiger charge is 2.33. The number of ether oxygens (including phenoxy) is 1. The van der Waals surface area contributed by atoms with Crippen molar-refractivity contribution in [3.05, 3.63) is 47.4 Å². The lowest BCUT2D eigenvalue weighted by Gasteiger charge is -2.23. The summed E-state index contributed by atoms with van der Waals surface area (Å²) in [6, 6.07) is 6.50. The summed E-state index contributed by atoms with van der Waals surface area (Å²) in [6.45, 7) is 2.44. The second-order valence-electron chi connectivity index (χ2n) is 6.83. The Kier molecular flexibility index (Phi) is 4.78. The van der Waals surface area contributed by atoms with Crippen LogP contribution >= 0.6 is 0 Å². The summed E-state index contributed by atoms with van der Waals surface area (Å²) < 4.78 is 24.3. The minimum atomic E-state index is -0.435. The Hall–Kier alpha value is -1.83. The molecule has 0 radical (unpaired) electrons. The third-order valence-electron chi connectivity index (χ3n) is 5.01. The molecule has 0 spiro atoms. The highest BCUT2D eigenvalue weighted by molar-refractivity contribution is 5.22. The molecular weight excluding hydrogens is 325 g/mol. The van der Waals surface area contributed by atoms with Crippen LogP contribution in [0.5, 0.6) is 0 Å². The molecule has 2 atom stereocenters. The van der Waals surface area contributed by atoms with E-state index in [0.717, 1.165) is 31.6 Å². The van der Waals surface area contributed by atoms with E-state index >= 15 is 0 Å². The smallest absolute Gasteiger partial charge is 0.229 e. The van der Waals surface area contributed by atoms with Crippen LogP contribution in [0.3, 0.4) is 0 Å². The maximum Gasteiger partial charge on any atom is 0.229 e. The Balaban J connectivity index is 1.48. The van der Waals surface area contributed by atoms with Gasteiger partial charge in [0, 0.05) is 31.7 Å². The Bertz CT molecular complexity index is 717. The van der Waals surface area contributed by atoms with E-state index in [9.17, 15) is 9.50 Å². The zero-order valence-electron chi connectivity index (χ0n) is 14.0. The van der Waals surface area contributed by atoms with Crippen molar-refractivity contribution < 1.29 is 18.8 Å². The molecule has 134 valence electrons. The first-order valence-corrected chi connectivity index (χ1v) is 8.77. The predicted molar refractivity (Wildman–Crippen MR) is 87.3 cm³/mol. The van der Waals surface area contributed by atoms with Gasteiger partial charge in [-0.25, -0.2) is 4.39 Å². The normalized spacial score (nSPS) is 25.5. The molecule has 1 N–H and O–H groups in total. The van der Waals surface area contributed by atoms with Crippen molar-refractivity contribution in [1.82, 2.24) is 15.0 Å². The van der Waals surface area contributed by atoms with Crippen molar-refractivity contribution in [1.29, 1.82) is 0 Å². The Labute approximate surface area is 145 Å². The Morgan fingerprint density at radius 2 is 2.12 bits per heavy atom. The summed E-state index contributed by atoms with van der Waals surface area (Å²) in [5.74, 6) is 1.27. The van der Waals surface area contributed by atoms with Gasteiger partial charge >= 0.3 is 0 Å². The summed E-state index contributed by atoms with van der Waals surface area (Å²) in [6.07, 6.45) is 1.94. The van der Waals surface area contributed by atoms with Gasteiger partial charge in [0.1, 0.15) is 5.82 Å². The molecule has 6 nitrogen and oxygen atoms in total. The van der Waals surface area contributed by atoms with E-state index in [-0.39, 0.29) is 17.8 Å². The van der Waals surface area contributed by atoms with Crippen LogP contribution in [0.1, 0.15) is 48.5 Å². The number of halogens is 1. The fourth-order valence-corrected chi connectivity index (χ4v) is 3.74. The maximum atomic E-state index is 13.6. The van der Waals surface area contributed by atoms with Crippen molar-refractivity contribution in [2.75, 3.05) is 19.8 Å². The van der Waals surface area contributed by atoms with E-state index in [1.807, 2.05) is 6.07 Å². The third kappa shape index (κ3) is 3.73. The van der Waals surface area contributed by atoms with Gasteiger partial charge in [0.05, 0.1) is 12.6 Å². The minimum absolute atomic E-state index is 0.0456. The first kappa shape index (κ1) is 16.6. The van der Waals surface area contributed by atoms with Gasteiger partial charge in [-0.2, -0.15) is 4.98 Å². The van der Waals surface area contributed by atoms with Gasteiger partial charge in [-0.1, -0.05) is 17.3 Å². The van der Waals surface area contributed by atoms with Crippen molar-refractivity contribution in [3.8, 4) is 0 Å². The van der Waals surface area contributed by atoms with Crippen molar-refractivity contribution >= 4 is 0 Å². The van der Waals surface area contributed by atoms with Crippen LogP contribution in [-0.2, 0) is 11.3 Å². The number of benzene rings is 1. The predicted octanol–water partition coefficient (Wildman–Crippen LogP) is 2.41. The molecule has 25 heavy (non-hydrogen) atoms. The molecule has 0 aliphatic carbocycles. The number of hydrogen-bond donors (Lipinski definition) is 1. The van der Waals surface area contributed by atoms with Crippen molar-refractivity contribution in [3.63, 3.8) is 0 Å². The zero-order chi connectivity index (χ0) is 17.2. The molecule has 2 aromatic rings. The molecule has 2 fully saturated rings. The molecule has 1 aromatic carbocycles. The topological polar surface area (TPSA) is 71.6 Å². The molecule has 1 aromatic heterocycles. The number of aliphatic hydroxyl groups is 1. The highest BCUT2D eigenvalue weighted by atomic mass is 19.1. The van der Waals surface area contributed by atoms with Crippen LogP contribution in [0.25, 0.3) is 0 Å². The quantitative estimate of drug-likeness (QED) is 0.916. The van der Waals surface area contributed by atoms with Crippen LogP contribution < -0.4 is 0 Å². The lowest BCUT2D eigenvalue weighted by Crippen LogP contribution is -2.25. The molecule has 2 saturated heterocycles. The maximum absolute atomic E-state index is 13.6. The molecule has 4 rings (SSSR count). The third-order valence-corrected chi connectivity index (χ3v) is 5.01. The van der Waals surface area contributed by atoms with Gasteiger partial charge in [-0.05, 0) is 37.0 Å². The number of aromatic nitrogens is 2. The SMILES string of the molecule is O[C@H]1C[C@H](c2cccc(F)c2)N(Cc2noc(C3CCOCC3)n2)C1. The van der Waals surface area contributed by atoms with Crippen molar-refractivity contribution in [2.24, 2.45) is 0 Å². The van der Waals surface area contributed by atoms with E-state index in [1.165, 1.54) is 12.1 Å². The van der Waals surface area contributed by atoms with E-state index in [4.69, 9.17) is 9.26 Å². The van der Waals surface area contributed by atoms with Crippen LogP contribution in [0, 0.1) is 5.82 Å². The second kappa shape index (κ2) is 7.19. The van der Waals surface area contributed by atoms with Gasteiger partial charge < -0.3 is 14.4 Å². The number of rotatable bonds is 4. The van der Waals surface area contributed by atoms with E-state index < -0.39 is 6.10 Å². The average Bonchev–Trinajstić information content (AvgIpc) is 3.23. The Morgan fingerprint density at radius 3 is 2.92 bits per heavy atom. The molecule has 0 unspecified atom stereocenters. The summed E-state index contributed by atoms with van der Waals surface area (Å²) >= 11 is 0. The van der Waals surface area contributed by atoms with Gasteiger partial charge in [0.2, 0.25) is 5.89 Å². The summed E-state index contributed by atoms with van der Waals surface area (Å²) in [5.41, 5.74) is 0.865. The summed E-state index contributed by atoms with van der Waals surface area (Å²) in [4.78, 5) is 6.62. The molecule has 3 heterocycles. The van der Waals surface area contributed by atoms with Gasteiger partial charge in [0.25, 0.3) is 0 Å². The van der Waals surface area contributed by atoms with Crippen LogP contribution in [0.15, 0.2) is 28.8 Å². The molecule has 2 aliphatic heterocycles. The van der Waals surface area contributed by atoms with E-state index in [1.54, 1.807) is 6.07 Å². The lowest BCUT2D eigenvalue weighted by molar-refractivity contribution is 0.0778. The number of hydrogen-bond acceptors (Lipinski definition) is 6. The monoisotopic (exact) mass is 347 g/mol. The second-order valence-corrected chi connectivity index (χ2v) is 6.83. The molecule has 2 aliphatic rings. The summed E-state index contributed by atoms with van der Waals surface area (Å²) in [5, 5.41) is 14.2. The van der Waals surface area contributed by atoms with Crippen LogP contribution in [0.2, 0.25) is 0 Å².